The van der Waals surface area contributed by atoms with Crippen LogP contribution < -0.4 is 0 Å². The van der Waals surface area contributed by atoms with E-state index in [1.54, 1.807) is 0 Å². The topological polar surface area (TPSA) is 144 Å². The summed E-state index contributed by atoms with van der Waals surface area (Å²) in [6.07, 6.45) is 0. The van der Waals surface area contributed by atoms with Crippen molar-refractivity contribution in [2.24, 2.45) is 0 Å². The minimum Gasteiger partial charge on any atom is -0.759 e. The minimum absolute atomic E-state index is 0. The van der Waals surface area contributed by atoms with Crippen molar-refractivity contribution in [2.75, 3.05) is 0 Å². The molecule has 0 spiro atoms. The smallest absolute Gasteiger partial charge is 0.759 e. The van der Waals surface area contributed by atoms with Gasteiger partial charge in [0.15, 0.2) is 0 Å². The Morgan fingerprint density at radius 2 is 1.30 bits per heavy atom. The van der Waals surface area contributed by atoms with Crippen LogP contribution in [0.25, 0.3) is 0 Å². The van der Waals surface area contributed by atoms with E-state index in [4.69, 9.17) is 32.8 Å². The number of rotatable bonds is 0. The van der Waals surface area contributed by atoms with E-state index in [9.17, 15) is 0 Å². The first-order valence-electron chi connectivity index (χ1n) is 1.23. The molecule has 0 saturated heterocycles. The van der Waals surface area contributed by atoms with Gasteiger partial charge in [-0.1, -0.05) is 0 Å². The van der Waals surface area contributed by atoms with E-state index < -0.39 is 15.5 Å². The summed E-state index contributed by atoms with van der Waals surface area (Å²) in [5, 5.41) is 13.6. The van der Waals surface area contributed by atoms with Gasteiger partial charge in [0.05, 0.1) is 0 Å². The molecule has 0 aromatic carbocycles. The summed E-state index contributed by atoms with van der Waals surface area (Å²) in [5.41, 5.74) is 0. The summed E-state index contributed by atoms with van der Waals surface area (Å²) in [6, 6.07) is 0. The number of hydrogen-bond acceptors (Lipinski definition) is 6. The molecule has 0 saturated carbocycles. The van der Waals surface area contributed by atoms with Crippen LogP contribution in [0.1, 0.15) is 0 Å². The maximum absolute atomic E-state index is 8.52. The average molecular weight is 215 g/mol. The van der Waals surface area contributed by atoms with Gasteiger partial charge in [0, 0.05) is 10.4 Å². The maximum atomic E-state index is 8.52. The Bertz CT molecular complexity index is 156. The zero-order valence-electron chi connectivity index (χ0n) is 4.11. The van der Waals surface area contributed by atoms with Gasteiger partial charge in [-0.15, -0.1) is 10.1 Å². The summed E-state index contributed by atoms with van der Waals surface area (Å²) >= 11 is 0. The van der Waals surface area contributed by atoms with Gasteiger partial charge in [-0.2, -0.15) is 0 Å². The fourth-order valence-corrected chi connectivity index (χ4v) is 0. The predicted octanol–water partition coefficient (Wildman–Crippen LogP) is -1.69. The molecular weight excluding hydrogens is 214 g/mol. The van der Waals surface area contributed by atoms with Crippen LogP contribution in [0.2, 0.25) is 0 Å². The molecule has 0 aliphatic heterocycles. The summed E-state index contributed by atoms with van der Waals surface area (Å²) in [7, 11) is -5.17. The van der Waals surface area contributed by atoms with E-state index in [2.05, 4.69) is 0 Å². The standard InChI is InChI=1S/Fe.HNO3.H2O4S/c;2-1(3)4;1-5(2,3)4/h;(H,2,3,4);(H2,1,2,3,4)/q+2;;/p-2. The molecule has 0 amide bonds. The van der Waals surface area contributed by atoms with Crippen LogP contribution in [0.4, 0.5) is 0 Å². The summed E-state index contributed by atoms with van der Waals surface area (Å²) < 4.78 is 34.1. The fraction of sp³-hybridized carbons (Fsp3) is 0. The molecule has 10 heteroatoms. The second kappa shape index (κ2) is 6.71. The van der Waals surface area contributed by atoms with Crippen molar-refractivity contribution >= 4 is 10.4 Å². The van der Waals surface area contributed by atoms with Gasteiger partial charge in [-0.25, -0.2) is 0 Å². The molecule has 8 nitrogen and oxygen atoms in total. The van der Waals surface area contributed by atoms with Crippen LogP contribution in [-0.2, 0) is 27.5 Å². The Morgan fingerprint density at radius 3 is 1.30 bits per heavy atom. The molecule has 0 unspecified atom stereocenters. The first kappa shape index (κ1) is 16.3. The van der Waals surface area contributed by atoms with Crippen molar-refractivity contribution in [2.45, 2.75) is 0 Å². The summed E-state index contributed by atoms with van der Waals surface area (Å²) in [5.74, 6) is 0. The average Bonchev–Trinajstić information content (AvgIpc) is 1.19. The monoisotopic (exact) mass is 215 g/mol. The Morgan fingerprint density at radius 1 is 1.30 bits per heavy atom. The van der Waals surface area contributed by atoms with Gasteiger partial charge in [-0.05, 0) is 0 Å². The van der Waals surface area contributed by atoms with Crippen molar-refractivity contribution in [3.05, 3.63) is 10.1 Å². The van der Waals surface area contributed by atoms with E-state index in [0.29, 0.717) is 0 Å². The van der Waals surface area contributed by atoms with Crippen LogP contribution in [0.3, 0.4) is 0 Å². The van der Waals surface area contributed by atoms with E-state index in [-0.39, 0.29) is 17.1 Å². The molecule has 0 fully saturated rings. The molecule has 0 atom stereocenters. The Balaban J connectivity index is -0.0000000910. The van der Waals surface area contributed by atoms with Crippen molar-refractivity contribution in [1.29, 1.82) is 0 Å². The van der Waals surface area contributed by atoms with Crippen LogP contribution in [0, 0.1) is 10.1 Å². The first-order chi connectivity index (χ1) is 3.73. The quantitative estimate of drug-likeness (QED) is 0.167. The predicted molar refractivity (Wildman–Crippen MR) is 19.3 cm³/mol. The van der Waals surface area contributed by atoms with Gasteiger partial charge >= 0.3 is 17.1 Å². The zero-order chi connectivity index (χ0) is 8.08. The molecule has 0 aromatic heterocycles. The van der Waals surface area contributed by atoms with Crippen LogP contribution in [0.5, 0.6) is 0 Å². The van der Waals surface area contributed by atoms with E-state index >= 15 is 0 Å². The summed E-state index contributed by atoms with van der Waals surface area (Å²) in [4.78, 5) is 8.36. The van der Waals surface area contributed by atoms with Gasteiger partial charge in [0.2, 0.25) is 0 Å². The normalized spacial score (nSPS) is 8.20. The van der Waals surface area contributed by atoms with Gasteiger partial charge in [0.1, 0.15) is 0 Å². The fourth-order valence-electron chi connectivity index (χ4n) is 0. The molecule has 62 valence electrons. The third-order valence-electron chi connectivity index (χ3n) is 0. The Labute approximate surface area is 66.0 Å². The molecule has 0 radical (unpaired) electrons. The molecule has 0 heterocycles. The second-order valence-corrected chi connectivity index (χ2v) is 1.46. The number of hydrogen-bond donors (Lipinski definition) is 1. The van der Waals surface area contributed by atoms with E-state index in [1.165, 1.54) is 0 Å². The third-order valence-corrected chi connectivity index (χ3v) is 0. The molecular formula is HFeNO7S. The van der Waals surface area contributed by atoms with Gasteiger partial charge in [0.25, 0.3) is 5.09 Å². The van der Waals surface area contributed by atoms with Gasteiger partial charge in [-0.3, -0.25) is 8.42 Å². The minimum atomic E-state index is -5.17. The van der Waals surface area contributed by atoms with Crippen LogP contribution in [-0.4, -0.2) is 27.8 Å². The molecule has 10 heavy (non-hydrogen) atoms. The molecule has 0 aliphatic rings. The van der Waals surface area contributed by atoms with Crippen LogP contribution >= 0.6 is 0 Å². The number of nitrogens with zero attached hydrogens (tertiary/aromatic N) is 1. The zero-order valence-corrected chi connectivity index (χ0v) is 6.03. The SMILES string of the molecule is O=S(=O)([O-])[O-].O=[N+]([O-])O.[Fe+2]. The van der Waals surface area contributed by atoms with E-state index in [1.807, 2.05) is 0 Å². The van der Waals surface area contributed by atoms with Crippen molar-refractivity contribution in [3.8, 4) is 0 Å². The molecule has 0 aliphatic carbocycles. The van der Waals surface area contributed by atoms with Crippen molar-refractivity contribution in [1.82, 2.24) is 0 Å². The molecule has 0 bridgehead atoms. The van der Waals surface area contributed by atoms with Gasteiger partial charge < -0.3 is 14.3 Å². The Hall–Kier alpha value is -0.411. The van der Waals surface area contributed by atoms with Crippen molar-refractivity contribution in [3.63, 3.8) is 0 Å². The molecule has 0 aromatic rings. The third kappa shape index (κ3) is 1960. The molecule has 0 rings (SSSR count). The van der Waals surface area contributed by atoms with Crippen molar-refractivity contribution < 1.29 is 44.9 Å². The summed E-state index contributed by atoms with van der Waals surface area (Å²) in [6.45, 7) is 0. The van der Waals surface area contributed by atoms with E-state index in [0.717, 1.165) is 0 Å². The Kier molecular flexibility index (Phi) is 10.9. The molecule has 1 N–H and O–H groups in total. The maximum Gasteiger partial charge on any atom is 2.00 e. The largest absolute Gasteiger partial charge is 2.00 e. The second-order valence-electron chi connectivity index (χ2n) is 0.646. The van der Waals surface area contributed by atoms with Crippen LogP contribution in [0.15, 0.2) is 0 Å². The first-order valence-corrected chi connectivity index (χ1v) is 2.57.